The average Bonchev–Trinajstić information content (AvgIpc) is 2.89. The van der Waals surface area contributed by atoms with Crippen LogP contribution in [-0.4, -0.2) is 26.3 Å². The van der Waals surface area contributed by atoms with Crippen LogP contribution >= 0.6 is 11.6 Å². The molecule has 1 saturated heterocycles. The van der Waals surface area contributed by atoms with E-state index in [2.05, 4.69) is 5.32 Å². The molecule has 1 aromatic heterocycles. The van der Waals surface area contributed by atoms with E-state index in [0.29, 0.717) is 34.6 Å². The van der Waals surface area contributed by atoms with Crippen molar-refractivity contribution in [2.75, 3.05) is 20.3 Å². The summed E-state index contributed by atoms with van der Waals surface area (Å²) in [4.78, 5) is 13.2. The number of halogens is 1. The van der Waals surface area contributed by atoms with Crippen molar-refractivity contribution in [1.82, 2.24) is 5.32 Å². The summed E-state index contributed by atoms with van der Waals surface area (Å²) in [5, 5.41) is 4.99. The molecule has 0 saturated carbocycles. The van der Waals surface area contributed by atoms with E-state index in [1.807, 2.05) is 48.5 Å². The fraction of sp³-hybridized carbons (Fsp3) is 0.276. The van der Waals surface area contributed by atoms with Crippen molar-refractivity contribution in [3.63, 3.8) is 0 Å². The summed E-state index contributed by atoms with van der Waals surface area (Å²) >= 11 is 6.10. The normalized spacial score (nSPS) is 15.8. The molecule has 5 nitrogen and oxygen atoms in total. The second-order valence-electron chi connectivity index (χ2n) is 8.82. The summed E-state index contributed by atoms with van der Waals surface area (Å²) in [6.07, 6.45) is 4.75. The van der Waals surface area contributed by atoms with Crippen LogP contribution in [0.5, 0.6) is 11.5 Å². The Morgan fingerprint density at radius 1 is 0.943 bits per heavy atom. The van der Waals surface area contributed by atoms with Gasteiger partial charge in [-0.3, -0.25) is 0 Å². The zero-order valence-electron chi connectivity index (χ0n) is 19.7. The molecule has 0 radical (unpaired) electrons. The van der Waals surface area contributed by atoms with E-state index in [0.717, 1.165) is 40.8 Å². The van der Waals surface area contributed by atoms with Crippen molar-refractivity contribution in [1.29, 1.82) is 0 Å². The summed E-state index contributed by atoms with van der Waals surface area (Å²) in [7, 11) is 1.59. The fourth-order valence-corrected chi connectivity index (χ4v) is 4.82. The first-order chi connectivity index (χ1) is 17.1. The molecule has 1 aliphatic rings. The number of hydrogen-bond acceptors (Lipinski definition) is 5. The Bertz CT molecular complexity index is 1360. The van der Waals surface area contributed by atoms with Gasteiger partial charge in [0.1, 0.15) is 17.1 Å². The third-order valence-corrected chi connectivity index (χ3v) is 6.79. The number of nitrogens with one attached hydrogen (secondary N) is 1. The fourth-order valence-electron chi connectivity index (χ4n) is 4.69. The quantitative estimate of drug-likeness (QED) is 0.293. The molecule has 1 fully saturated rings. The lowest BCUT2D eigenvalue weighted by molar-refractivity contribution is 0.268. The van der Waals surface area contributed by atoms with Crippen LogP contribution in [0.25, 0.3) is 33.2 Å². The Hall–Kier alpha value is -3.28. The molecule has 6 heteroatoms. The molecule has 0 bridgehead atoms. The van der Waals surface area contributed by atoms with E-state index in [1.54, 1.807) is 25.3 Å². The van der Waals surface area contributed by atoms with E-state index in [9.17, 15) is 4.79 Å². The minimum Gasteiger partial charge on any atom is -0.497 e. The zero-order chi connectivity index (χ0) is 24.2. The summed E-state index contributed by atoms with van der Waals surface area (Å²) < 4.78 is 17.1. The van der Waals surface area contributed by atoms with Gasteiger partial charge in [-0.1, -0.05) is 42.3 Å². The standard InChI is InChI=1S/C29H28ClNO4/c1-33-24-13-14-25-26(18-24)35-29(32)28(20-5-9-21(30)10-6-20)27(25)19-7-11-23(12-8-19)34-17-15-22-4-2-3-16-31-22/h5-14,18,22,31H,2-4,15-17H2,1H3. The van der Waals surface area contributed by atoms with E-state index >= 15 is 0 Å². The highest BCUT2D eigenvalue weighted by Gasteiger charge is 2.19. The minimum atomic E-state index is -0.414. The Morgan fingerprint density at radius 2 is 1.66 bits per heavy atom. The van der Waals surface area contributed by atoms with Crippen molar-refractivity contribution in [2.45, 2.75) is 31.7 Å². The number of methoxy groups -OCH3 is 1. The molecular formula is C29H28ClNO4. The second kappa shape index (κ2) is 10.5. The average molecular weight is 490 g/mol. The Balaban J connectivity index is 1.50. The smallest absolute Gasteiger partial charge is 0.344 e. The first-order valence-electron chi connectivity index (χ1n) is 12.0. The van der Waals surface area contributed by atoms with Crippen molar-refractivity contribution in [3.8, 4) is 33.8 Å². The predicted octanol–water partition coefficient (Wildman–Crippen LogP) is 6.70. The molecule has 0 aliphatic carbocycles. The summed E-state index contributed by atoms with van der Waals surface area (Å²) in [6, 6.07) is 21.2. The molecular weight excluding hydrogens is 462 g/mol. The van der Waals surface area contributed by atoms with Crippen molar-refractivity contribution >= 4 is 22.6 Å². The monoisotopic (exact) mass is 489 g/mol. The van der Waals surface area contributed by atoms with Crippen LogP contribution in [0.3, 0.4) is 0 Å². The van der Waals surface area contributed by atoms with Crippen LogP contribution < -0.4 is 20.4 Å². The maximum Gasteiger partial charge on any atom is 0.344 e. The van der Waals surface area contributed by atoms with Gasteiger partial charge in [0.2, 0.25) is 0 Å². The van der Waals surface area contributed by atoms with Gasteiger partial charge in [0, 0.05) is 28.1 Å². The lowest BCUT2D eigenvalue weighted by Gasteiger charge is -2.23. The predicted molar refractivity (Wildman–Crippen MR) is 141 cm³/mol. The summed E-state index contributed by atoms with van der Waals surface area (Å²) in [5.41, 5.74) is 3.01. The number of fused-ring (bicyclic) bond motifs is 1. The van der Waals surface area contributed by atoms with Crippen LogP contribution in [0.2, 0.25) is 5.02 Å². The molecule has 0 spiro atoms. The van der Waals surface area contributed by atoms with Crippen molar-refractivity contribution in [2.24, 2.45) is 0 Å². The summed E-state index contributed by atoms with van der Waals surface area (Å²) in [5.74, 6) is 1.44. The Morgan fingerprint density at radius 3 is 2.37 bits per heavy atom. The molecule has 180 valence electrons. The number of benzene rings is 3. The van der Waals surface area contributed by atoms with Gasteiger partial charge in [0.25, 0.3) is 0 Å². The Labute approximate surface area is 209 Å². The largest absolute Gasteiger partial charge is 0.497 e. The van der Waals surface area contributed by atoms with Crippen LogP contribution in [0.4, 0.5) is 0 Å². The first kappa shape index (κ1) is 23.5. The van der Waals surface area contributed by atoms with Crippen LogP contribution in [-0.2, 0) is 0 Å². The van der Waals surface area contributed by atoms with Crippen LogP contribution in [0.15, 0.2) is 75.9 Å². The van der Waals surface area contributed by atoms with Gasteiger partial charge in [0.05, 0.1) is 19.3 Å². The number of piperidine rings is 1. The third kappa shape index (κ3) is 5.21. The highest BCUT2D eigenvalue weighted by molar-refractivity contribution is 6.30. The van der Waals surface area contributed by atoms with Crippen LogP contribution in [0.1, 0.15) is 25.7 Å². The molecule has 1 N–H and O–H groups in total. The minimum absolute atomic E-state index is 0.414. The van der Waals surface area contributed by atoms with Crippen molar-refractivity contribution < 1.29 is 13.9 Å². The number of rotatable bonds is 7. The third-order valence-electron chi connectivity index (χ3n) is 6.54. The maximum absolute atomic E-state index is 13.2. The van der Waals surface area contributed by atoms with Gasteiger partial charge < -0.3 is 19.2 Å². The SMILES string of the molecule is COc1ccc2c(-c3ccc(OCCC4CCCCN4)cc3)c(-c3ccc(Cl)cc3)c(=O)oc2c1. The second-order valence-corrected chi connectivity index (χ2v) is 9.25. The van der Waals surface area contributed by atoms with Gasteiger partial charge >= 0.3 is 5.63 Å². The molecule has 5 rings (SSSR count). The van der Waals surface area contributed by atoms with E-state index < -0.39 is 5.63 Å². The highest BCUT2D eigenvalue weighted by atomic mass is 35.5. The van der Waals surface area contributed by atoms with Gasteiger partial charge in [-0.2, -0.15) is 0 Å². The van der Waals surface area contributed by atoms with Gasteiger partial charge in [-0.05, 0) is 73.3 Å². The summed E-state index contributed by atoms with van der Waals surface area (Å²) in [6.45, 7) is 1.77. The maximum atomic E-state index is 13.2. The molecule has 4 aromatic rings. The van der Waals surface area contributed by atoms with E-state index in [1.165, 1.54) is 19.3 Å². The van der Waals surface area contributed by atoms with Crippen molar-refractivity contribution in [3.05, 3.63) is 82.2 Å². The molecule has 1 aliphatic heterocycles. The molecule has 1 unspecified atom stereocenters. The molecule has 0 amide bonds. The van der Waals surface area contributed by atoms with Gasteiger partial charge in [0.15, 0.2) is 0 Å². The zero-order valence-corrected chi connectivity index (χ0v) is 20.4. The van der Waals surface area contributed by atoms with Gasteiger partial charge in [-0.15, -0.1) is 0 Å². The van der Waals surface area contributed by atoms with Gasteiger partial charge in [-0.25, -0.2) is 4.79 Å². The molecule has 3 aromatic carbocycles. The lowest BCUT2D eigenvalue weighted by Crippen LogP contribution is -2.35. The first-order valence-corrected chi connectivity index (χ1v) is 12.4. The highest BCUT2D eigenvalue weighted by Crippen LogP contribution is 2.38. The Kier molecular flexibility index (Phi) is 7.07. The number of ether oxygens (including phenoxy) is 2. The molecule has 1 atom stereocenters. The number of hydrogen-bond donors (Lipinski definition) is 1. The topological polar surface area (TPSA) is 60.7 Å². The molecule has 35 heavy (non-hydrogen) atoms. The van der Waals surface area contributed by atoms with E-state index in [-0.39, 0.29) is 0 Å². The van der Waals surface area contributed by atoms with Crippen LogP contribution in [0, 0.1) is 0 Å². The molecule has 2 heterocycles. The van der Waals surface area contributed by atoms with E-state index in [4.69, 9.17) is 25.5 Å². The lowest BCUT2D eigenvalue weighted by atomic mass is 9.93.